The predicted octanol–water partition coefficient (Wildman–Crippen LogP) is 13.4. The van der Waals surface area contributed by atoms with Gasteiger partial charge in [0, 0.05) is 39.2 Å². The lowest BCUT2D eigenvalue weighted by atomic mass is 9.74. The minimum Gasteiger partial charge on any atom is -0.310 e. The van der Waals surface area contributed by atoms with E-state index in [4.69, 9.17) is 0 Å². The number of para-hydroxylation sites is 2. The highest BCUT2D eigenvalue weighted by Gasteiger charge is 2.51. The van der Waals surface area contributed by atoms with Crippen LogP contribution in [0.4, 0.5) is 34.1 Å². The van der Waals surface area contributed by atoms with Gasteiger partial charge in [-0.3, -0.25) is 0 Å². The largest absolute Gasteiger partial charge is 0.310 e. The zero-order valence-electron chi connectivity index (χ0n) is 36.3. The molecule has 0 saturated heterocycles. The first-order chi connectivity index (χ1) is 30.7. The van der Waals surface area contributed by atoms with Crippen LogP contribution in [-0.4, -0.2) is 16.1 Å². The summed E-state index contributed by atoms with van der Waals surface area (Å²) in [5, 5.41) is 8.84. The Morgan fingerprint density at radius 2 is 0.825 bits per heavy atom. The van der Waals surface area contributed by atoms with Gasteiger partial charge in [0.15, 0.2) is 0 Å². The van der Waals surface area contributed by atoms with E-state index >= 15 is 0 Å². The molecular formula is C59H48N2Si2. The molecule has 9 aromatic rings. The number of fused-ring (bicyclic) bond motifs is 10. The van der Waals surface area contributed by atoms with Crippen molar-refractivity contribution in [3.63, 3.8) is 0 Å². The lowest BCUT2D eigenvalue weighted by molar-refractivity contribution is 0.853. The van der Waals surface area contributed by atoms with Crippen molar-refractivity contribution in [1.29, 1.82) is 0 Å². The molecule has 0 unspecified atom stereocenters. The van der Waals surface area contributed by atoms with Crippen molar-refractivity contribution in [3.05, 3.63) is 205 Å². The van der Waals surface area contributed by atoms with Crippen molar-refractivity contribution in [1.82, 2.24) is 0 Å². The molecule has 302 valence electrons. The first-order valence-corrected chi connectivity index (χ1v) is 28.6. The van der Waals surface area contributed by atoms with Crippen molar-refractivity contribution in [3.8, 4) is 33.4 Å². The molecule has 4 aliphatic rings. The van der Waals surface area contributed by atoms with Gasteiger partial charge >= 0.3 is 0 Å². The van der Waals surface area contributed by atoms with Crippen LogP contribution < -0.4 is 30.5 Å². The monoisotopic (exact) mass is 840 g/mol. The first-order valence-electron chi connectivity index (χ1n) is 22.6. The molecule has 0 aromatic heterocycles. The van der Waals surface area contributed by atoms with Crippen LogP contribution in [0.25, 0.3) is 44.2 Å². The Morgan fingerprint density at radius 1 is 0.349 bits per heavy atom. The molecule has 0 bridgehead atoms. The molecule has 0 radical (unpaired) electrons. The van der Waals surface area contributed by atoms with Crippen LogP contribution >= 0.6 is 0 Å². The molecule has 0 N–H and O–H groups in total. The smallest absolute Gasteiger partial charge is 0.113 e. The third kappa shape index (κ3) is 5.17. The van der Waals surface area contributed by atoms with Gasteiger partial charge in [0.1, 0.15) is 16.1 Å². The summed E-state index contributed by atoms with van der Waals surface area (Å²) in [6, 6.07) is 74.0. The summed E-state index contributed by atoms with van der Waals surface area (Å²) in [4.78, 5) is 5.02. The zero-order chi connectivity index (χ0) is 42.2. The van der Waals surface area contributed by atoms with Crippen LogP contribution in [0, 0.1) is 0 Å². The Labute approximate surface area is 372 Å². The number of anilines is 6. The number of benzene rings is 9. The van der Waals surface area contributed by atoms with Gasteiger partial charge in [-0.1, -0.05) is 154 Å². The summed E-state index contributed by atoms with van der Waals surface area (Å²) >= 11 is 0. The fourth-order valence-electron chi connectivity index (χ4n) is 12.0. The quantitative estimate of drug-likeness (QED) is 0.154. The van der Waals surface area contributed by atoms with Crippen LogP contribution in [0.5, 0.6) is 0 Å². The molecule has 0 amide bonds. The van der Waals surface area contributed by atoms with Crippen LogP contribution in [0.1, 0.15) is 24.0 Å². The molecule has 2 nitrogen and oxygen atoms in total. The van der Waals surface area contributed by atoms with Crippen molar-refractivity contribution in [2.75, 3.05) is 9.80 Å². The van der Waals surface area contributed by atoms with Crippen molar-refractivity contribution >= 4 is 81.8 Å². The number of hydrogen-bond acceptors (Lipinski definition) is 2. The lowest BCUT2D eigenvalue weighted by Gasteiger charge is -2.34. The van der Waals surface area contributed by atoms with E-state index < -0.39 is 16.1 Å². The summed E-state index contributed by atoms with van der Waals surface area (Å²) in [6.45, 7) is 10.1. The Balaban J connectivity index is 0.964. The van der Waals surface area contributed by atoms with Gasteiger partial charge in [0.25, 0.3) is 0 Å². The maximum Gasteiger partial charge on any atom is 0.113 e. The fraction of sp³-hybridized carbons (Fsp3) is 0.119. The van der Waals surface area contributed by atoms with Gasteiger partial charge in [0.05, 0.1) is 5.69 Å². The fourth-order valence-corrected chi connectivity index (χ4v) is 18.2. The first kappa shape index (κ1) is 36.9. The summed E-state index contributed by atoms with van der Waals surface area (Å²) in [5.41, 5.74) is 18.5. The number of rotatable bonds is 6. The normalized spacial score (nSPS) is 15.9. The average molecular weight is 841 g/mol. The second kappa shape index (κ2) is 13.1. The van der Waals surface area contributed by atoms with Crippen LogP contribution in [0.15, 0.2) is 194 Å². The minimum atomic E-state index is -1.89. The Kier molecular flexibility index (Phi) is 7.70. The van der Waals surface area contributed by atoms with Crippen molar-refractivity contribution < 1.29 is 0 Å². The second-order valence-corrected chi connectivity index (χ2v) is 28.0. The zero-order valence-corrected chi connectivity index (χ0v) is 38.3. The standard InChI is InChI=1S/C59H48N2Si2/c1-62(2)54-24-13-11-20-45(54)47-30-27-42(37-56(47)62)60(39-16-7-5-8-17-39)41-26-29-44-49-32-33-53(50-22-15-23-51(58(49)50)59(34-35-59)52(44)36-41)61(40-18-9-6-10-19-40)43-28-31-48-46-21-12-14-25-55(46)63(3,4)57(48)38-43/h5-33,36-38H,34-35H2,1-4H3. The SMILES string of the molecule is C[Si]1(C)c2ccccc2-c2ccc(N(c3ccccc3)c3ccc4c(c3)C3(CC3)c3cccc5c(N(c6ccccc6)c6ccc7c(c6)[Si](C)(C)c6ccccc6-7)ccc-4c35)cc21. The second-order valence-electron chi connectivity index (χ2n) is 19.3. The minimum absolute atomic E-state index is 0.0140. The van der Waals surface area contributed by atoms with Crippen LogP contribution in [0.3, 0.4) is 0 Å². The molecule has 1 fully saturated rings. The Hall–Kier alpha value is -6.73. The summed E-state index contributed by atoms with van der Waals surface area (Å²) in [5.74, 6) is 0. The maximum atomic E-state index is 2.54. The van der Waals surface area contributed by atoms with E-state index in [1.807, 2.05) is 0 Å². The van der Waals surface area contributed by atoms with E-state index in [0.717, 1.165) is 12.8 Å². The summed E-state index contributed by atoms with van der Waals surface area (Å²) in [6.07, 6.45) is 2.31. The van der Waals surface area contributed by atoms with Crippen molar-refractivity contribution in [2.24, 2.45) is 0 Å². The summed E-state index contributed by atoms with van der Waals surface area (Å²) < 4.78 is 0. The molecule has 2 aliphatic heterocycles. The number of nitrogens with zero attached hydrogens (tertiary/aromatic N) is 2. The molecule has 0 atom stereocenters. The summed E-state index contributed by atoms with van der Waals surface area (Å²) in [7, 11) is -3.76. The van der Waals surface area contributed by atoms with Gasteiger partial charge in [-0.25, -0.2) is 0 Å². The molecule has 2 aliphatic carbocycles. The molecule has 4 heteroatoms. The molecule has 9 aromatic carbocycles. The lowest BCUT2D eigenvalue weighted by Crippen LogP contribution is -2.49. The Morgan fingerprint density at radius 3 is 1.41 bits per heavy atom. The van der Waals surface area contributed by atoms with Gasteiger partial charge in [-0.2, -0.15) is 0 Å². The van der Waals surface area contributed by atoms with E-state index in [2.05, 4.69) is 230 Å². The Bertz CT molecular complexity index is 3360. The third-order valence-electron chi connectivity index (χ3n) is 15.3. The van der Waals surface area contributed by atoms with E-state index in [1.165, 1.54) is 105 Å². The van der Waals surface area contributed by atoms with E-state index in [0.29, 0.717) is 0 Å². The maximum absolute atomic E-state index is 2.54. The van der Waals surface area contributed by atoms with E-state index in [1.54, 1.807) is 5.19 Å². The molecular weight excluding hydrogens is 793 g/mol. The third-order valence-corrected chi connectivity index (χ3v) is 22.4. The highest BCUT2D eigenvalue weighted by atomic mass is 28.3. The molecule has 2 heterocycles. The van der Waals surface area contributed by atoms with Gasteiger partial charge < -0.3 is 9.80 Å². The average Bonchev–Trinajstić information content (AvgIpc) is 4.05. The van der Waals surface area contributed by atoms with Crippen molar-refractivity contribution in [2.45, 2.75) is 44.4 Å². The van der Waals surface area contributed by atoms with Gasteiger partial charge in [-0.05, 0) is 150 Å². The number of hydrogen-bond donors (Lipinski definition) is 0. The highest BCUT2D eigenvalue weighted by molar-refractivity contribution is 7.04. The molecule has 1 saturated carbocycles. The highest BCUT2D eigenvalue weighted by Crippen LogP contribution is 2.63. The van der Waals surface area contributed by atoms with Crippen LogP contribution in [-0.2, 0) is 5.41 Å². The predicted molar refractivity (Wildman–Crippen MR) is 273 cm³/mol. The van der Waals surface area contributed by atoms with Crippen LogP contribution in [0.2, 0.25) is 26.2 Å². The van der Waals surface area contributed by atoms with Gasteiger partial charge in [-0.15, -0.1) is 0 Å². The van der Waals surface area contributed by atoms with E-state index in [9.17, 15) is 0 Å². The topological polar surface area (TPSA) is 6.48 Å². The molecule has 13 rings (SSSR count). The van der Waals surface area contributed by atoms with E-state index in [-0.39, 0.29) is 5.41 Å². The van der Waals surface area contributed by atoms with Gasteiger partial charge in [0.2, 0.25) is 0 Å². The molecule has 63 heavy (non-hydrogen) atoms. The molecule has 1 spiro atoms.